The Morgan fingerprint density at radius 2 is 2.00 bits per heavy atom. The summed E-state index contributed by atoms with van der Waals surface area (Å²) in [5, 5.41) is 6.56. The van der Waals surface area contributed by atoms with E-state index in [0.717, 1.165) is 13.0 Å². The molecule has 0 saturated heterocycles. The van der Waals surface area contributed by atoms with Crippen molar-refractivity contribution in [3.63, 3.8) is 0 Å². The molecule has 1 aliphatic heterocycles. The van der Waals surface area contributed by atoms with Crippen LogP contribution < -0.4 is 5.32 Å². The van der Waals surface area contributed by atoms with Crippen LogP contribution in [0.15, 0.2) is 53.2 Å². The maximum atomic E-state index is 12.3. The van der Waals surface area contributed by atoms with E-state index in [-0.39, 0.29) is 11.8 Å². The van der Waals surface area contributed by atoms with Crippen molar-refractivity contribution in [2.45, 2.75) is 19.3 Å². The molecule has 1 aromatic carbocycles. The Morgan fingerprint density at radius 3 is 2.68 bits per heavy atom. The minimum atomic E-state index is -0.0675. The van der Waals surface area contributed by atoms with Gasteiger partial charge in [-0.1, -0.05) is 36.4 Å². The van der Waals surface area contributed by atoms with Gasteiger partial charge in [0.05, 0.1) is 0 Å². The van der Waals surface area contributed by atoms with E-state index < -0.39 is 0 Å². The summed E-state index contributed by atoms with van der Waals surface area (Å²) < 4.78 is 0. The Balaban J connectivity index is 1.39. The van der Waals surface area contributed by atoms with Crippen molar-refractivity contribution in [3.05, 3.63) is 64.4 Å². The maximum Gasteiger partial charge on any atom is 0.252 e. The van der Waals surface area contributed by atoms with Crippen molar-refractivity contribution >= 4 is 28.7 Å². The van der Waals surface area contributed by atoms with Crippen LogP contribution in [0.1, 0.15) is 35.2 Å². The van der Waals surface area contributed by atoms with Crippen molar-refractivity contribution in [2.75, 3.05) is 19.6 Å². The molecule has 0 atom stereocenters. The van der Waals surface area contributed by atoms with Crippen LogP contribution in [0.3, 0.4) is 0 Å². The first-order valence-electron chi connectivity index (χ1n) is 8.56. The van der Waals surface area contributed by atoms with Crippen LogP contribution in [0.25, 0.3) is 5.57 Å². The second-order valence-electron chi connectivity index (χ2n) is 6.06. The highest BCUT2D eigenvalue weighted by Crippen LogP contribution is 2.22. The summed E-state index contributed by atoms with van der Waals surface area (Å²) in [5.74, 6) is 0.0928. The third-order valence-electron chi connectivity index (χ3n) is 4.34. The molecule has 1 aliphatic rings. The summed E-state index contributed by atoms with van der Waals surface area (Å²) in [5.41, 5.74) is 3.24. The summed E-state index contributed by atoms with van der Waals surface area (Å²) in [6.07, 6.45) is 4.18. The number of benzene rings is 1. The highest BCUT2D eigenvalue weighted by molar-refractivity contribution is 7.08. The molecular formula is C20H22N2O2S. The summed E-state index contributed by atoms with van der Waals surface area (Å²) in [4.78, 5) is 26.0. The van der Waals surface area contributed by atoms with Crippen LogP contribution in [0.5, 0.6) is 0 Å². The molecule has 5 heteroatoms. The average Bonchev–Trinajstić information content (AvgIpc) is 3.21. The number of rotatable bonds is 6. The van der Waals surface area contributed by atoms with E-state index >= 15 is 0 Å². The number of thiophene rings is 1. The van der Waals surface area contributed by atoms with Crippen LogP contribution in [-0.4, -0.2) is 36.3 Å². The first-order valence-corrected chi connectivity index (χ1v) is 9.51. The largest absolute Gasteiger partial charge is 0.352 e. The van der Waals surface area contributed by atoms with Crippen molar-refractivity contribution in [3.8, 4) is 0 Å². The smallest absolute Gasteiger partial charge is 0.252 e. The van der Waals surface area contributed by atoms with Crippen molar-refractivity contribution in [2.24, 2.45) is 0 Å². The van der Waals surface area contributed by atoms with Crippen molar-refractivity contribution in [1.29, 1.82) is 0 Å². The molecule has 0 bridgehead atoms. The van der Waals surface area contributed by atoms with E-state index in [1.807, 2.05) is 33.9 Å². The third kappa shape index (κ3) is 4.79. The molecule has 0 radical (unpaired) electrons. The van der Waals surface area contributed by atoms with Gasteiger partial charge in [-0.05, 0) is 35.4 Å². The highest BCUT2D eigenvalue weighted by atomic mass is 32.1. The number of hydrogen-bond donors (Lipinski definition) is 1. The Bertz CT molecular complexity index is 738. The number of carbonyl (C=O) groups is 2. The first-order chi connectivity index (χ1) is 12.2. The van der Waals surface area contributed by atoms with Crippen LogP contribution >= 0.6 is 11.3 Å². The summed E-state index contributed by atoms with van der Waals surface area (Å²) in [6, 6.07) is 12.1. The van der Waals surface area contributed by atoms with Crippen molar-refractivity contribution in [1.82, 2.24) is 10.2 Å². The summed E-state index contributed by atoms with van der Waals surface area (Å²) >= 11 is 1.50. The Morgan fingerprint density at radius 1 is 1.16 bits per heavy atom. The van der Waals surface area contributed by atoms with Gasteiger partial charge in [-0.15, -0.1) is 0 Å². The van der Waals surface area contributed by atoms with E-state index in [2.05, 4.69) is 23.5 Å². The zero-order valence-electron chi connectivity index (χ0n) is 14.1. The van der Waals surface area contributed by atoms with E-state index in [9.17, 15) is 9.59 Å². The predicted octanol–water partition coefficient (Wildman–Crippen LogP) is 3.57. The summed E-state index contributed by atoms with van der Waals surface area (Å²) in [6.45, 7) is 1.96. The zero-order valence-corrected chi connectivity index (χ0v) is 14.9. The van der Waals surface area contributed by atoms with Crippen LogP contribution in [0.4, 0.5) is 0 Å². The number of carbonyl (C=O) groups excluding carboxylic acids is 2. The van der Waals surface area contributed by atoms with E-state index in [1.165, 1.54) is 22.5 Å². The molecule has 1 N–H and O–H groups in total. The molecule has 0 spiro atoms. The predicted molar refractivity (Wildman–Crippen MR) is 102 cm³/mol. The number of nitrogens with zero attached hydrogens (tertiary/aromatic N) is 1. The van der Waals surface area contributed by atoms with Crippen LogP contribution in [0, 0.1) is 0 Å². The highest BCUT2D eigenvalue weighted by Gasteiger charge is 2.17. The number of amides is 2. The Labute approximate surface area is 152 Å². The average molecular weight is 354 g/mol. The molecule has 2 heterocycles. The lowest BCUT2D eigenvalue weighted by molar-refractivity contribution is -0.130. The number of nitrogens with one attached hydrogen (secondary N) is 1. The molecular weight excluding hydrogens is 332 g/mol. The molecule has 0 saturated carbocycles. The Kier molecular flexibility index (Phi) is 6.01. The SMILES string of the molecule is O=C(NCCCC(=O)N1CC=C(c2ccccc2)CC1)c1ccsc1. The molecule has 2 amide bonds. The molecule has 3 rings (SSSR count). The second kappa shape index (κ2) is 8.62. The quantitative estimate of drug-likeness (QED) is 0.806. The summed E-state index contributed by atoms with van der Waals surface area (Å²) in [7, 11) is 0. The lowest BCUT2D eigenvalue weighted by Gasteiger charge is -2.26. The van der Waals surface area contributed by atoms with Gasteiger partial charge in [0.15, 0.2) is 0 Å². The van der Waals surface area contributed by atoms with E-state index in [4.69, 9.17) is 0 Å². The standard InChI is InChI=1S/C20H22N2O2S/c23-19(7-4-11-21-20(24)18-10-14-25-15-18)22-12-8-17(9-13-22)16-5-2-1-3-6-16/h1-3,5-6,8,10,14-15H,4,7,9,11-13H2,(H,21,24). The first kappa shape index (κ1) is 17.4. The monoisotopic (exact) mass is 354 g/mol. The van der Waals surface area contributed by atoms with Crippen LogP contribution in [0.2, 0.25) is 0 Å². The van der Waals surface area contributed by atoms with Gasteiger partial charge < -0.3 is 10.2 Å². The third-order valence-corrected chi connectivity index (χ3v) is 5.03. The Hall–Kier alpha value is -2.40. The fraction of sp³-hybridized carbons (Fsp3) is 0.300. The molecule has 4 nitrogen and oxygen atoms in total. The molecule has 1 aromatic heterocycles. The van der Waals surface area contributed by atoms with Crippen LogP contribution in [-0.2, 0) is 4.79 Å². The maximum absolute atomic E-state index is 12.3. The van der Waals surface area contributed by atoms with Gasteiger partial charge >= 0.3 is 0 Å². The minimum absolute atomic E-state index is 0.0675. The molecule has 0 unspecified atom stereocenters. The normalized spacial score (nSPS) is 14.1. The molecule has 0 aliphatic carbocycles. The van der Waals surface area contributed by atoms with E-state index in [1.54, 1.807) is 6.07 Å². The van der Waals surface area contributed by atoms with E-state index in [0.29, 0.717) is 31.5 Å². The van der Waals surface area contributed by atoms with Gasteiger partial charge in [0, 0.05) is 37.0 Å². The topological polar surface area (TPSA) is 49.4 Å². The van der Waals surface area contributed by atoms with Gasteiger partial charge in [0.2, 0.25) is 5.91 Å². The van der Waals surface area contributed by atoms with Gasteiger partial charge in [0.25, 0.3) is 5.91 Å². The number of hydrogen-bond acceptors (Lipinski definition) is 3. The van der Waals surface area contributed by atoms with Gasteiger partial charge in [0.1, 0.15) is 0 Å². The van der Waals surface area contributed by atoms with Gasteiger partial charge in [-0.25, -0.2) is 0 Å². The van der Waals surface area contributed by atoms with Crippen molar-refractivity contribution < 1.29 is 9.59 Å². The fourth-order valence-corrected chi connectivity index (χ4v) is 3.54. The molecule has 130 valence electrons. The lowest BCUT2D eigenvalue weighted by atomic mass is 9.99. The second-order valence-corrected chi connectivity index (χ2v) is 6.84. The lowest BCUT2D eigenvalue weighted by Crippen LogP contribution is -2.35. The molecule has 25 heavy (non-hydrogen) atoms. The molecule has 2 aromatic rings. The fourth-order valence-electron chi connectivity index (χ4n) is 2.91. The van der Waals surface area contributed by atoms with Gasteiger partial charge in [-0.3, -0.25) is 9.59 Å². The minimum Gasteiger partial charge on any atom is -0.352 e. The van der Waals surface area contributed by atoms with Gasteiger partial charge in [-0.2, -0.15) is 11.3 Å². The zero-order chi connectivity index (χ0) is 17.5. The molecule has 0 fully saturated rings.